The molecule has 2 atom stereocenters. The molecule has 1 N–H and O–H groups in total. The van der Waals surface area contributed by atoms with Crippen molar-refractivity contribution in [3.05, 3.63) is 65.5 Å². The van der Waals surface area contributed by atoms with Crippen LogP contribution >= 0.6 is 0 Å². The van der Waals surface area contributed by atoms with Crippen LogP contribution in [0, 0.1) is 18.2 Å². The molecule has 2 heterocycles. The van der Waals surface area contributed by atoms with Crippen molar-refractivity contribution in [2.75, 3.05) is 6.61 Å². The summed E-state index contributed by atoms with van der Waals surface area (Å²) < 4.78 is 19.2. The average Bonchev–Trinajstić information content (AvgIpc) is 2.90. The van der Waals surface area contributed by atoms with Gasteiger partial charge in [0.2, 0.25) is 0 Å². The highest BCUT2D eigenvalue weighted by molar-refractivity contribution is 5.30. The number of hydrogen-bond acceptors (Lipinski definition) is 3. The molecule has 2 aliphatic rings. The molecule has 0 aromatic heterocycles. The van der Waals surface area contributed by atoms with E-state index in [1.807, 2.05) is 24.3 Å². The first-order chi connectivity index (χ1) is 13.1. The Bertz CT molecular complexity index is 845. The number of piperidine rings is 1. The lowest BCUT2D eigenvalue weighted by atomic mass is 9.80. The number of benzene rings is 2. The standard InChI is InChI=1S/C23H24FNO2/c1-2-11-27-22-8-3-5-17(12-22)16-25-20-9-10-21(25)15-23(26,14-20)18-6-4-7-19(24)13-18/h1,3-8,12-13,20-21,26H,9-11,14-16H2. The molecule has 2 saturated heterocycles. The van der Waals surface area contributed by atoms with Crippen LogP contribution in [0.3, 0.4) is 0 Å². The molecule has 2 aliphatic heterocycles. The zero-order valence-electron chi connectivity index (χ0n) is 15.3. The van der Waals surface area contributed by atoms with Crippen molar-refractivity contribution >= 4 is 0 Å². The van der Waals surface area contributed by atoms with Crippen molar-refractivity contribution < 1.29 is 14.2 Å². The Morgan fingerprint density at radius 2 is 1.89 bits per heavy atom. The fraction of sp³-hybridized carbons (Fsp3) is 0.391. The minimum atomic E-state index is -0.942. The van der Waals surface area contributed by atoms with Gasteiger partial charge in [-0.1, -0.05) is 30.2 Å². The number of aliphatic hydroxyl groups is 1. The van der Waals surface area contributed by atoms with Crippen LogP contribution in [0.5, 0.6) is 5.75 Å². The summed E-state index contributed by atoms with van der Waals surface area (Å²) in [7, 11) is 0. The molecule has 0 aliphatic carbocycles. The Kier molecular flexibility index (Phi) is 4.90. The van der Waals surface area contributed by atoms with Gasteiger partial charge in [0.25, 0.3) is 0 Å². The Hall–Kier alpha value is -2.35. The fourth-order valence-corrected chi connectivity index (χ4v) is 4.66. The Labute approximate surface area is 159 Å². The van der Waals surface area contributed by atoms with Crippen LogP contribution in [-0.4, -0.2) is 28.7 Å². The van der Waals surface area contributed by atoms with Gasteiger partial charge in [-0.05, 0) is 61.1 Å². The van der Waals surface area contributed by atoms with Crippen LogP contribution in [0.4, 0.5) is 4.39 Å². The number of halogens is 1. The van der Waals surface area contributed by atoms with E-state index >= 15 is 0 Å². The normalized spacial score (nSPS) is 27.3. The summed E-state index contributed by atoms with van der Waals surface area (Å²) >= 11 is 0. The largest absolute Gasteiger partial charge is 0.481 e. The van der Waals surface area contributed by atoms with Gasteiger partial charge >= 0.3 is 0 Å². The molecule has 3 nitrogen and oxygen atoms in total. The van der Waals surface area contributed by atoms with Gasteiger partial charge in [-0.3, -0.25) is 4.90 Å². The van der Waals surface area contributed by atoms with Crippen LogP contribution < -0.4 is 4.74 Å². The molecular formula is C23H24FNO2. The van der Waals surface area contributed by atoms with Crippen molar-refractivity contribution in [3.8, 4) is 18.1 Å². The first-order valence-corrected chi connectivity index (χ1v) is 9.47. The van der Waals surface area contributed by atoms with Gasteiger partial charge in [-0.25, -0.2) is 4.39 Å². The van der Waals surface area contributed by atoms with E-state index in [0.29, 0.717) is 30.5 Å². The maximum Gasteiger partial charge on any atom is 0.148 e. The summed E-state index contributed by atoms with van der Waals surface area (Å²) in [5, 5.41) is 11.2. The maximum atomic E-state index is 13.6. The molecule has 0 spiro atoms. The van der Waals surface area contributed by atoms with Gasteiger partial charge in [0, 0.05) is 18.6 Å². The second-order valence-electron chi connectivity index (χ2n) is 7.65. The minimum Gasteiger partial charge on any atom is -0.481 e. The van der Waals surface area contributed by atoms with Crippen molar-refractivity contribution in [3.63, 3.8) is 0 Å². The Morgan fingerprint density at radius 3 is 2.59 bits per heavy atom. The Balaban J connectivity index is 1.49. The van der Waals surface area contributed by atoms with E-state index in [9.17, 15) is 9.50 Å². The lowest BCUT2D eigenvalue weighted by molar-refractivity contribution is -0.0596. The van der Waals surface area contributed by atoms with Crippen LogP contribution in [0.1, 0.15) is 36.8 Å². The van der Waals surface area contributed by atoms with E-state index in [1.54, 1.807) is 6.07 Å². The third-order valence-electron chi connectivity index (χ3n) is 5.87. The van der Waals surface area contributed by atoms with Crippen LogP contribution in [0.15, 0.2) is 48.5 Å². The first kappa shape index (κ1) is 18.0. The third-order valence-corrected chi connectivity index (χ3v) is 5.87. The maximum absolute atomic E-state index is 13.6. The Morgan fingerprint density at radius 1 is 1.15 bits per heavy atom. The minimum absolute atomic E-state index is 0.263. The van der Waals surface area contributed by atoms with Crippen LogP contribution in [0.2, 0.25) is 0 Å². The van der Waals surface area contributed by atoms with Crippen molar-refractivity contribution in [1.29, 1.82) is 0 Å². The van der Waals surface area contributed by atoms with E-state index in [0.717, 1.165) is 25.1 Å². The third kappa shape index (κ3) is 3.71. The highest BCUT2D eigenvalue weighted by atomic mass is 19.1. The number of terminal acetylenes is 1. The quantitative estimate of drug-likeness (QED) is 0.817. The number of ether oxygens (including phenoxy) is 1. The van der Waals surface area contributed by atoms with Gasteiger partial charge in [-0.2, -0.15) is 0 Å². The van der Waals surface area contributed by atoms with Crippen molar-refractivity contribution in [2.24, 2.45) is 0 Å². The lowest BCUT2D eigenvalue weighted by Crippen LogP contribution is -2.49. The van der Waals surface area contributed by atoms with Gasteiger partial charge in [0.1, 0.15) is 18.2 Å². The van der Waals surface area contributed by atoms with Crippen molar-refractivity contribution in [2.45, 2.75) is 49.9 Å². The smallest absolute Gasteiger partial charge is 0.148 e. The SMILES string of the molecule is C#CCOc1cccc(CN2C3CCC2CC(O)(c2cccc(F)c2)C3)c1. The van der Waals surface area contributed by atoms with Gasteiger partial charge in [-0.15, -0.1) is 6.42 Å². The number of fused-ring (bicyclic) bond motifs is 2. The van der Waals surface area contributed by atoms with E-state index in [4.69, 9.17) is 11.2 Å². The number of hydrogen-bond donors (Lipinski definition) is 1. The second kappa shape index (κ2) is 7.34. The molecule has 2 fully saturated rings. The highest BCUT2D eigenvalue weighted by Gasteiger charge is 2.48. The topological polar surface area (TPSA) is 32.7 Å². The molecule has 0 radical (unpaired) electrons. The zero-order chi connectivity index (χ0) is 18.9. The molecule has 2 bridgehead atoms. The molecule has 2 aromatic carbocycles. The molecule has 4 heteroatoms. The number of rotatable bonds is 5. The van der Waals surface area contributed by atoms with E-state index in [1.165, 1.54) is 17.7 Å². The zero-order valence-corrected chi connectivity index (χ0v) is 15.3. The van der Waals surface area contributed by atoms with Crippen molar-refractivity contribution in [1.82, 2.24) is 4.90 Å². The van der Waals surface area contributed by atoms with Gasteiger partial charge < -0.3 is 9.84 Å². The van der Waals surface area contributed by atoms with E-state index < -0.39 is 5.60 Å². The summed E-state index contributed by atoms with van der Waals surface area (Å²) in [6.45, 7) is 1.08. The molecule has 2 unspecified atom stereocenters. The summed E-state index contributed by atoms with van der Waals surface area (Å²) in [4.78, 5) is 2.48. The monoisotopic (exact) mass is 365 g/mol. The number of nitrogens with zero attached hydrogens (tertiary/aromatic N) is 1. The summed E-state index contributed by atoms with van der Waals surface area (Å²) in [5.74, 6) is 2.97. The highest BCUT2D eigenvalue weighted by Crippen LogP contribution is 2.46. The lowest BCUT2D eigenvalue weighted by Gasteiger charge is -2.44. The van der Waals surface area contributed by atoms with E-state index in [2.05, 4.69) is 16.9 Å². The average molecular weight is 365 g/mol. The fourth-order valence-electron chi connectivity index (χ4n) is 4.66. The molecule has 0 saturated carbocycles. The molecule has 4 rings (SSSR count). The van der Waals surface area contributed by atoms with Crippen LogP contribution in [-0.2, 0) is 12.1 Å². The van der Waals surface area contributed by atoms with Crippen LogP contribution in [0.25, 0.3) is 0 Å². The second-order valence-corrected chi connectivity index (χ2v) is 7.65. The molecular weight excluding hydrogens is 341 g/mol. The predicted molar refractivity (Wildman–Crippen MR) is 103 cm³/mol. The summed E-state index contributed by atoms with van der Waals surface area (Å²) in [6.07, 6.45) is 8.67. The molecule has 0 amide bonds. The molecule has 140 valence electrons. The predicted octanol–water partition coefficient (Wildman–Crippen LogP) is 3.85. The summed E-state index contributed by atoms with van der Waals surface area (Å²) in [5.41, 5.74) is 0.934. The first-order valence-electron chi connectivity index (χ1n) is 9.47. The van der Waals surface area contributed by atoms with Gasteiger partial charge in [0.15, 0.2) is 0 Å². The summed E-state index contributed by atoms with van der Waals surface area (Å²) in [6, 6.07) is 15.0. The van der Waals surface area contributed by atoms with Gasteiger partial charge in [0.05, 0.1) is 5.60 Å². The molecule has 27 heavy (non-hydrogen) atoms. The van der Waals surface area contributed by atoms with E-state index in [-0.39, 0.29) is 12.4 Å². The molecule has 2 aromatic rings.